The fourth-order valence-electron chi connectivity index (χ4n) is 5.65. The predicted molar refractivity (Wildman–Crippen MR) is 135 cm³/mol. The van der Waals surface area contributed by atoms with E-state index in [1.807, 2.05) is 19.3 Å². The third kappa shape index (κ3) is 3.39. The molecule has 35 heavy (non-hydrogen) atoms. The van der Waals surface area contributed by atoms with Crippen molar-refractivity contribution in [2.75, 3.05) is 18.0 Å². The minimum atomic E-state index is 0.110. The van der Waals surface area contributed by atoms with E-state index in [9.17, 15) is 0 Å². The first kappa shape index (κ1) is 20.8. The molecule has 5 heterocycles. The number of H-pyrrole nitrogens is 1. The Morgan fingerprint density at radius 1 is 1.09 bits per heavy atom. The molecule has 1 saturated heterocycles. The van der Waals surface area contributed by atoms with Crippen LogP contribution in [-0.4, -0.2) is 47.8 Å². The molecule has 7 rings (SSSR count). The molecule has 1 aliphatic carbocycles. The van der Waals surface area contributed by atoms with Crippen LogP contribution in [0, 0.1) is 5.41 Å². The Hall–Kier alpha value is -3.50. The molecule has 0 bridgehead atoms. The Bertz CT molecular complexity index is 1560. The molecule has 10 heteroatoms. The molecular weight excluding hydrogens is 458 g/mol. The second kappa shape index (κ2) is 7.76. The van der Waals surface area contributed by atoms with Crippen LogP contribution in [0.25, 0.3) is 22.3 Å². The summed E-state index contributed by atoms with van der Waals surface area (Å²) in [5.41, 5.74) is 11.7. The maximum atomic E-state index is 6.74. The van der Waals surface area contributed by atoms with Crippen molar-refractivity contribution in [2.45, 2.75) is 35.2 Å². The van der Waals surface area contributed by atoms with Crippen molar-refractivity contribution in [1.29, 1.82) is 0 Å². The summed E-state index contributed by atoms with van der Waals surface area (Å²) in [6.45, 7) is 1.83. The maximum absolute atomic E-state index is 6.74. The number of hydrogen-bond acceptors (Lipinski definition) is 8. The van der Waals surface area contributed by atoms with Gasteiger partial charge in [0.1, 0.15) is 5.03 Å². The number of piperidine rings is 1. The number of aromatic nitrogens is 7. The van der Waals surface area contributed by atoms with Gasteiger partial charge in [-0.2, -0.15) is 10.1 Å². The number of pyridine rings is 1. The molecule has 1 spiro atoms. The first-order valence-electron chi connectivity index (χ1n) is 11.9. The van der Waals surface area contributed by atoms with Crippen LogP contribution in [0.2, 0.25) is 0 Å². The first-order valence-corrected chi connectivity index (χ1v) is 12.7. The molecule has 0 radical (unpaired) electrons. The van der Waals surface area contributed by atoms with Crippen molar-refractivity contribution in [1.82, 2.24) is 34.7 Å². The van der Waals surface area contributed by atoms with Gasteiger partial charge in [0.25, 0.3) is 0 Å². The van der Waals surface area contributed by atoms with Gasteiger partial charge in [-0.1, -0.05) is 36.0 Å². The highest BCUT2D eigenvalue weighted by Crippen LogP contribution is 2.50. The topological polar surface area (TPSA) is 114 Å². The van der Waals surface area contributed by atoms with E-state index in [0.29, 0.717) is 11.3 Å². The summed E-state index contributed by atoms with van der Waals surface area (Å²) in [4.78, 5) is 25.2. The van der Waals surface area contributed by atoms with Gasteiger partial charge in [-0.25, -0.2) is 15.0 Å². The Morgan fingerprint density at radius 3 is 2.80 bits per heavy atom. The second-order valence-electron chi connectivity index (χ2n) is 9.59. The Kier molecular flexibility index (Phi) is 4.62. The fraction of sp³-hybridized carbons (Fsp3) is 0.320. The molecule has 3 N–H and O–H groups in total. The molecule has 1 aromatic carbocycles. The van der Waals surface area contributed by atoms with E-state index < -0.39 is 0 Å². The van der Waals surface area contributed by atoms with Gasteiger partial charge in [0.2, 0.25) is 5.95 Å². The predicted octanol–water partition coefficient (Wildman–Crippen LogP) is 3.63. The van der Waals surface area contributed by atoms with E-state index in [-0.39, 0.29) is 11.5 Å². The quantitative estimate of drug-likeness (QED) is 0.400. The summed E-state index contributed by atoms with van der Waals surface area (Å²) in [7, 11) is 1.90. The van der Waals surface area contributed by atoms with Gasteiger partial charge < -0.3 is 15.6 Å². The smallest absolute Gasteiger partial charge is 0.206 e. The van der Waals surface area contributed by atoms with Crippen molar-refractivity contribution in [3.8, 4) is 0 Å². The lowest BCUT2D eigenvalue weighted by molar-refractivity contribution is 0.187. The van der Waals surface area contributed by atoms with Gasteiger partial charge in [-0.3, -0.25) is 4.68 Å². The summed E-state index contributed by atoms with van der Waals surface area (Å²) in [6.07, 6.45) is 8.70. The lowest BCUT2D eigenvalue weighted by atomic mass is 9.73. The number of benzene rings is 1. The normalized spacial score (nSPS) is 19.1. The largest absolute Gasteiger partial charge is 0.342 e. The van der Waals surface area contributed by atoms with E-state index in [0.717, 1.165) is 59.3 Å². The Balaban J connectivity index is 1.10. The number of fused-ring (bicyclic) bond motifs is 3. The van der Waals surface area contributed by atoms with Crippen LogP contribution in [0.1, 0.15) is 30.0 Å². The van der Waals surface area contributed by atoms with Gasteiger partial charge in [0, 0.05) is 43.5 Å². The van der Waals surface area contributed by atoms with Gasteiger partial charge >= 0.3 is 0 Å². The van der Waals surface area contributed by atoms with Crippen molar-refractivity contribution in [3.63, 3.8) is 0 Å². The number of nitrogens with zero attached hydrogens (tertiary/aromatic N) is 7. The third-order valence-corrected chi connectivity index (χ3v) is 8.52. The van der Waals surface area contributed by atoms with Gasteiger partial charge in [-0.05, 0) is 41.9 Å². The molecule has 0 amide bonds. The van der Waals surface area contributed by atoms with Crippen LogP contribution in [0.4, 0.5) is 5.95 Å². The van der Waals surface area contributed by atoms with Crippen molar-refractivity contribution in [2.24, 2.45) is 18.2 Å². The second-order valence-corrected chi connectivity index (χ2v) is 10.7. The average molecular weight is 484 g/mol. The summed E-state index contributed by atoms with van der Waals surface area (Å²) in [5, 5.41) is 6.18. The molecule has 176 valence electrons. The van der Waals surface area contributed by atoms with Crippen LogP contribution in [-0.2, 0) is 13.5 Å². The highest BCUT2D eigenvalue weighted by molar-refractivity contribution is 7.99. The number of nitrogens with two attached hydrogens (primary N) is 1. The van der Waals surface area contributed by atoms with Crippen molar-refractivity contribution < 1.29 is 0 Å². The number of anilines is 1. The van der Waals surface area contributed by atoms with E-state index in [2.05, 4.69) is 49.2 Å². The van der Waals surface area contributed by atoms with Crippen LogP contribution >= 0.6 is 11.8 Å². The highest BCUT2D eigenvalue weighted by atomic mass is 32.2. The molecule has 5 aromatic rings. The minimum absolute atomic E-state index is 0.110. The standard InChI is InChI=1S/C25H25N9S/c1-33-14-17-18(6-9-27-21(17)32-33)35-19-13-28-22-23(29-19)31-24(30-22)34-10-7-25(8-11-34)12-15-4-2-3-5-16(15)20(25)26/h2-6,9,13-14,20H,7-8,10-12,26H2,1H3,(H,28,29,30,31)/t20-/m1/s1. The molecule has 1 aliphatic heterocycles. The van der Waals surface area contributed by atoms with Gasteiger partial charge in [-0.15, -0.1) is 0 Å². The van der Waals surface area contributed by atoms with Crippen molar-refractivity contribution in [3.05, 3.63) is 60.0 Å². The Labute approximate surface area is 206 Å². The molecule has 1 atom stereocenters. The zero-order valence-electron chi connectivity index (χ0n) is 19.3. The Morgan fingerprint density at radius 2 is 1.94 bits per heavy atom. The molecule has 1 fully saturated rings. The van der Waals surface area contributed by atoms with E-state index in [1.165, 1.54) is 11.1 Å². The number of aromatic amines is 1. The monoisotopic (exact) mass is 483 g/mol. The van der Waals surface area contributed by atoms with Crippen molar-refractivity contribution >= 4 is 40.0 Å². The van der Waals surface area contributed by atoms with E-state index in [4.69, 9.17) is 15.7 Å². The zero-order valence-corrected chi connectivity index (χ0v) is 20.2. The van der Waals surface area contributed by atoms with Crippen LogP contribution in [0.5, 0.6) is 0 Å². The summed E-state index contributed by atoms with van der Waals surface area (Å²) in [5.74, 6) is 0.833. The molecule has 0 saturated carbocycles. The third-order valence-electron chi connectivity index (χ3n) is 7.54. The number of rotatable bonds is 3. The SMILES string of the molecule is Cn1cc2c(Sc3cnc4[nH]c(N5CCC6(CC5)Cc5ccccc5[C@H]6N)nc4n3)ccnc2n1. The van der Waals surface area contributed by atoms with E-state index in [1.54, 1.807) is 28.8 Å². The minimum Gasteiger partial charge on any atom is -0.342 e. The summed E-state index contributed by atoms with van der Waals surface area (Å²) in [6, 6.07) is 10.7. The first-order chi connectivity index (χ1) is 17.1. The van der Waals surface area contributed by atoms with Gasteiger partial charge in [0.05, 0.1) is 11.6 Å². The average Bonchev–Trinajstić information content (AvgIpc) is 3.54. The number of hydrogen-bond donors (Lipinski definition) is 2. The molecule has 4 aromatic heterocycles. The summed E-state index contributed by atoms with van der Waals surface area (Å²) >= 11 is 1.55. The molecule has 0 unspecified atom stereocenters. The number of imidazole rings is 1. The van der Waals surface area contributed by atoms with Crippen LogP contribution in [0.3, 0.4) is 0 Å². The zero-order chi connectivity index (χ0) is 23.6. The van der Waals surface area contributed by atoms with Gasteiger partial charge in [0.15, 0.2) is 16.9 Å². The maximum Gasteiger partial charge on any atom is 0.206 e. The number of aryl methyl sites for hydroxylation is 1. The molecular formula is C25H25N9S. The summed E-state index contributed by atoms with van der Waals surface area (Å²) < 4.78 is 1.77. The molecule has 2 aliphatic rings. The van der Waals surface area contributed by atoms with Crippen LogP contribution < -0.4 is 10.6 Å². The fourth-order valence-corrected chi connectivity index (χ4v) is 6.49. The lowest BCUT2D eigenvalue weighted by Crippen LogP contribution is -2.44. The number of nitrogens with one attached hydrogen (secondary N) is 1. The molecule has 9 nitrogen and oxygen atoms in total. The lowest BCUT2D eigenvalue weighted by Gasteiger charge is -2.42. The highest BCUT2D eigenvalue weighted by Gasteiger charge is 2.46. The van der Waals surface area contributed by atoms with E-state index >= 15 is 0 Å². The van der Waals surface area contributed by atoms with Crippen LogP contribution in [0.15, 0.2) is 58.8 Å².